The fraction of sp³-hybridized carbons (Fsp3) is 0.278. The molecule has 0 aliphatic carbocycles. The van der Waals surface area contributed by atoms with Crippen molar-refractivity contribution in [3.05, 3.63) is 58.9 Å². The van der Waals surface area contributed by atoms with Gasteiger partial charge in [-0.3, -0.25) is 4.99 Å². The Hall–Kier alpha value is -1.73. The van der Waals surface area contributed by atoms with Gasteiger partial charge in [0.05, 0.1) is 5.75 Å². The first-order valence-electron chi connectivity index (χ1n) is 8.38. The second-order valence-corrected chi connectivity index (χ2v) is 8.25. The van der Waals surface area contributed by atoms with Gasteiger partial charge in [-0.15, -0.1) is 24.0 Å². The van der Waals surface area contributed by atoms with E-state index in [2.05, 4.69) is 20.4 Å². The lowest BCUT2D eigenvalue weighted by atomic mass is 10.2. The molecule has 0 saturated carbocycles. The van der Waals surface area contributed by atoms with Crippen LogP contribution in [0.2, 0.25) is 5.02 Å². The van der Waals surface area contributed by atoms with Crippen LogP contribution in [0.1, 0.15) is 5.56 Å². The maximum absolute atomic E-state index is 13.7. The van der Waals surface area contributed by atoms with Gasteiger partial charge in [0.15, 0.2) is 15.8 Å². The molecule has 0 saturated heterocycles. The number of rotatable bonds is 8. The molecular weight excluding hydrogens is 558 g/mol. The number of hydrogen-bond donors (Lipinski definition) is 2. The topological polar surface area (TPSA) is 79.8 Å². The monoisotopic (exact) mass is 577 g/mol. The quantitative estimate of drug-likeness (QED) is 0.283. The Labute approximate surface area is 194 Å². The Bertz CT molecular complexity index is 978. The van der Waals surface area contributed by atoms with E-state index in [0.29, 0.717) is 10.6 Å². The van der Waals surface area contributed by atoms with Crippen molar-refractivity contribution in [3.8, 4) is 5.75 Å². The number of guanidine groups is 1. The molecule has 0 radical (unpaired) electrons. The van der Waals surface area contributed by atoms with Crippen molar-refractivity contribution in [1.29, 1.82) is 0 Å². The molecule has 0 aliphatic heterocycles. The highest BCUT2D eigenvalue weighted by Gasteiger charge is 2.18. The number of hydrogen-bond acceptors (Lipinski definition) is 4. The summed E-state index contributed by atoms with van der Waals surface area (Å²) >= 11 is 5.89. The lowest BCUT2D eigenvalue weighted by molar-refractivity contribution is -0.0504. The minimum absolute atomic E-state index is 0. The first-order chi connectivity index (χ1) is 13.7. The average molecular weight is 578 g/mol. The lowest BCUT2D eigenvalue weighted by Gasteiger charge is -2.15. The number of sulfone groups is 1. The van der Waals surface area contributed by atoms with E-state index in [9.17, 15) is 21.6 Å². The largest absolute Gasteiger partial charge is 0.434 e. The van der Waals surface area contributed by atoms with E-state index in [1.165, 1.54) is 43.4 Å². The third-order valence-electron chi connectivity index (χ3n) is 3.74. The number of alkyl halides is 2. The van der Waals surface area contributed by atoms with Gasteiger partial charge in [0.1, 0.15) is 16.5 Å². The normalized spacial score (nSPS) is 11.7. The van der Waals surface area contributed by atoms with Crippen LogP contribution in [0.25, 0.3) is 0 Å². The summed E-state index contributed by atoms with van der Waals surface area (Å²) in [6.45, 7) is -3.00. The molecule has 0 atom stereocenters. The smallest absolute Gasteiger partial charge is 0.387 e. The Balaban J connectivity index is 0.00000450. The first-order valence-corrected chi connectivity index (χ1v) is 10.4. The number of benzene rings is 2. The summed E-state index contributed by atoms with van der Waals surface area (Å²) in [5.74, 6) is -1.01. The van der Waals surface area contributed by atoms with Crippen molar-refractivity contribution in [1.82, 2.24) is 10.6 Å². The van der Waals surface area contributed by atoms with Crippen molar-refractivity contribution < 1.29 is 26.3 Å². The summed E-state index contributed by atoms with van der Waals surface area (Å²) in [7, 11) is -2.38. The minimum Gasteiger partial charge on any atom is -0.434 e. The molecule has 0 unspecified atom stereocenters. The number of halogens is 5. The van der Waals surface area contributed by atoms with E-state index in [1.54, 1.807) is 0 Å². The van der Waals surface area contributed by atoms with Crippen LogP contribution in [-0.2, 0) is 16.4 Å². The Morgan fingerprint density at radius 1 is 1.20 bits per heavy atom. The van der Waals surface area contributed by atoms with Gasteiger partial charge >= 0.3 is 6.61 Å². The van der Waals surface area contributed by atoms with E-state index in [-0.39, 0.29) is 59.4 Å². The molecular formula is C18H20ClF3IN3O3S. The highest BCUT2D eigenvalue weighted by Crippen LogP contribution is 2.24. The van der Waals surface area contributed by atoms with Gasteiger partial charge in [-0.2, -0.15) is 8.78 Å². The molecule has 2 aromatic carbocycles. The maximum Gasteiger partial charge on any atom is 0.387 e. The van der Waals surface area contributed by atoms with E-state index < -0.39 is 22.3 Å². The second-order valence-electron chi connectivity index (χ2n) is 5.73. The molecule has 166 valence electrons. The number of nitrogens with zero attached hydrogens (tertiary/aromatic N) is 1. The van der Waals surface area contributed by atoms with E-state index in [0.717, 1.165) is 6.07 Å². The summed E-state index contributed by atoms with van der Waals surface area (Å²) in [5.41, 5.74) is 0.361. The molecule has 0 fully saturated rings. The third-order valence-corrected chi connectivity index (χ3v) is 5.72. The van der Waals surface area contributed by atoms with Crippen LogP contribution >= 0.6 is 35.6 Å². The Kier molecular flexibility index (Phi) is 10.7. The zero-order chi connectivity index (χ0) is 21.4. The molecule has 2 rings (SSSR count). The first kappa shape index (κ1) is 26.3. The molecule has 2 N–H and O–H groups in total. The molecule has 0 amide bonds. The third kappa shape index (κ3) is 7.84. The molecule has 0 aromatic heterocycles. The van der Waals surface area contributed by atoms with Crippen LogP contribution in [0.5, 0.6) is 5.75 Å². The van der Waals surface area contributed by atoms with Crippen LogP contribution in [0.15, 0.2) is 52.4 Å². The highest BCUT2D eigenvalue weighted by atomic mass is 127. The zero-order valence-corrected chi connectivity index (χ0v) is 19.6. The van der Waals surface area contributed by atoms with E-state index >= 15 is 0 Å². The SMILES string of the molecule is CN=C(NCCS(=O)(=O)c1ccccc1F)NCc1cc(Cl)ccc1OC(F)F.I. The fourth-order valence-electron chi connectivity index (χ4n) is 2.41. The van der Waals surface area contributed by atoms with E-state index in [4.69, 9.17) is 11.6 Å². The highest BCUT2D eigenvalue weighted by molar-refractivity contribution is 14.0. The Morgan fingerprint density at radius 3 is 2.53 bits per heavy atom. The van der Waals surface area contributed by atoms with Crippen molar-refractivity contribution in [2.75, 3.05) is 19.3 Å². The van der Waals surface area contributed by atoms with Crippen LogP contribution in [0, 0.1) is 5.82 Å². The minimum atomic E-state index is -3.83. The molecule has 0 bridgehead atoms. The summed E-state index contributed by atoms with van der Waals surface area (Å²) in [6, 6.07) is 9.31. The van der Waals surface area contributed by atoms with Crippen LogP contribution in [0.3, 0.4) is 0 Å². The van der Waals surface area contributed by atoms with Crippen LogP contribution in [0.4, 0.5) is 13.2 Å². The van der Waals surface area contributed by atoms with E-state index in [1.807, 2.05) is 0 Å². The predicted molar refractivity (Wildman–Crippen MR) is 120 cm³/mol. The van der Waals surface area contributed by atoms with Gasteiger partial charge in [0.2, 0.25) is 0 Å². The molecule has 0 heterocycles. The number of aliphatic imine (C=N–C) groups is 1. The van der Waals surface area contributed by atoms with Gasteiger partial charge in [0.25, 0.3) is 0 Å². The zero-order valence-electron chi connectivity index (χ0n) is 15.7. The average Bonchev–Trinajstić information content (AvgIpc) is 2.66. The lowest BCUT2D eigenvalue weighted by Crippen LogP contribution is -2.39. The molecule has 6 nitrogen and oxygen atoms in total. The van der Waals surface area contributed by atoms with Crippen LogP contribution < -0.4 is 15.4 Å². The number of nitrogens with one attached hydrogen (secondary N) is 2. The van der Waals surface area contributed by atoms with Gasteiger partial charge in [-0.25, -0.2) is 12.8 Å². The summed E-state index contributed by atoms with van der Waals surface area (Å²) < 4.78 is 67.7. The predicted octanol–water partition coefficient (Wildman–Crippen LogP) is 3.84. The van der Waals surface area contributed by atoms with Gasteiger partial charge < -0.3 is 15.4 Å². The standard InChI is InChI=1S/C18H19ClF3N3O3S.HI/c1-23-18(24-8-9-29(26,27)16-5-3-2-4-14(16)20)25-11-12-10-13(19)6-7-15(12)28-17(21)22;/h2-7,10,17H,8-9,11H2,1H3,(H2,23,24,25);1H. The van der Waals surface area contributed by atoms with Gasteiger partial charge in [-0.1, -0.05) is 23.7 Å². The molecule has 30 heavy (non-hydrogen) atoms. The van der Waals surface area contributed by atoms with Gasteiger partial charge in [0, 0.05) is 30.7 Å². The summed E-state index contributed by atoms with van der Waals surface area (Å²) in [4.78, 5) is 3.55. The maximum atomic E-state index is 13.7. The molecule has 12 heteroatoms. The second kappa shape index (κ2) is 12.2. The van der Waals surface area contributed by atoms with Crippen molar-refractivity contribution in [2.24, 2.45) is 4.99 Å². The van der Waals surface area contributed by atoms with Crippen molar-refractivity contribution in [2.45, 2.75) is 18.1 Å². The number of ether oxygens (including phenoxy) is 1. The fourth-order valence-corrected chi connectivity index (χ4v) is 3.84. The molecule has 0 spiro atoms. The molecule has 0 aliphatic rings. The van der Waals surface area contributed by atoms with Crippen molar-refractivity contribution in [3.63, 3.8) is 0 Å². The summed E-state index contributed by atoms with van der Waals surface area (Å²) in [6.07, 6.45) is 0. The van der Waals surface area contributed by atoms with Crippen molar-refractivity contribution >= 4 is 51.4 Å². The molecule has 2 aromatic rings. The Morgan fingerprint density at radius 2 is 1.90 bits per heavy atom. The van der Waals surface area contributed by atoms with Crippen LogP contribution in [-0.4, -0.2) is 40.3 Å². The van der Waals surface area contributed by atoms with Gasteiger partial charge in [-0.05, 0) is 30.3 Å². The summed E-state index contributed by atoms with van der Waals surface area (Å²) in [5, 5.41) is 5.96.